The van der Waals surface area contributed by atoms with Gasteiger partial charge in [-0.1, -0.05) is 0 Å². The molecule has 0 spiro atoms. The molecule has 1 rings (SSSR count). The van der Waals surface area contributed by atoms with Gasteiger partial charge in [0, 0.05) is 18.6 Å². The van der Waals surface area contributed by atoms with Crippen LogP contribution in [-0.2, 0) is 0 Å². The van der Waals surface area contributed by atoms with Gasteiger partial charge in [-0.3, -0.25) is 5.01 Å². The summed E-state index contributed by atoms with van der Waals surface area (Å²) in [5, 5.41) is 4.11. The fourth-order valence-electron chi connectivity index (χ4n) is 0.417. The molecule has 0 atom stereocenters. The molecular weight excluding hydrogens is 104 g/mol. The molecule has 0 unspecified atom stereocenters. The van der Waals surface area contributed by atoms with Crippen LogP contribution in [0.3, 0.4) is 0 Å². The van der Waals surface area contributed by atoms with Crippen LogP contribution < -0.4 is 16.9 Å². The van der Waals surface area contributed by atoms with Gasteiger partial charge in [-0.05, 0) is 0 Å². The molecule has 44 valence electrons. The second-order valence-corrected chi connectivity index (χ2v) is 1.46. The fourth-order valence-corrected chi connectivity index (χ4v) is 0.417. The van der Waals surface area contributed by atoms with Crippen LogP contribution in [0.1, 0.15) is 0 Å². The summed E-state index contributed by atoms with van der Waals surface area (Å²) in [6.45, 7) is 0. The van der Waals surface area contributed by atoms with Gasteiger partial charge in [0.15, 0.2) is 0 Å². The molecule has 1 heterocycles. The largest absolute Gasteiger partial charge is 0.383 e. The molecule has 0 aromatic carbocycles. The summed E-state index contributed by atoms with van der Waals surface area (Å²) in [4.78, 5) is 0. The van der Waals surface area contributed by atoms with E-state index >= 15 is 0 Å². The SMILES string of the molecule is NC1=CNC=CN1N. The van der Waals surface area contributed by atoms with E-state index in [0.29, 0.717) is 5.82 Å². The molecule has 4 heteroatoms. The van der Waals surface area contributed by atoms with Crippen LogP contribution in [0, 0.1) is 0 Å². The first-order valence-electron chi connectivity index (χ1n) is 2.23. The highest BCUT2D eigenvalue weighted by molar-refractivity contribution is 5.04. The molecule has 8 heavy (non-hydrogen) atoms. The van der Waals surface area contributed by atoms with E-state index in [9.17, 15) is 0 Å². The maximum Gasteiger partial charge on any atom is 0.134 e. The lowest BCUT2D eigenvalue weighted by atomic mass is 10.6. The third kappa shape index (κ3) is 0.737. The standard InChI is InChI=1S/C4H8N4/c5-4-3-7-1-2-8(4)6/h1-3,7H,5-6H2. The number of hydrogen-bond donors (Lipinski definition) is 3. The molecule has 0 radical (unpaired) electrons. The van der Waals surface area contributed by atoms with Gasteiger partial charge in [0.25, 0.3) is 0 Å². The summed E-state index contributed by atoms with van der Waals surface area (Å²) in [5.41, 5.74) is 5.33. The molecule has 0 saturated heterocycles. The quantitative estimate of drug-likeness (QED) is 0.351. The number of hydrogen-bond acceptors (Lipinski definition) is 4. The van der Waals surface area contributed by atoms with Crippen molar-refractivity contribution in [3.63, 3.8) is 0 Å². The molecule has 0 aliphatic carbocycles. The highest BCUT2D eigenvalue weighted by Crippen LogP contribution is 1.91. The molecule has 0 saturated carbocycles. The maximum atomic E-state index is 5.33. The second-order valence-electron chi connectivity index (χ2n) is 1.46. The van der Waals surface area contributed by atoms with E-state index in [1.807, 2.05) is 0 Å². The zero-order chi connectivity index (χ0) is 5.98. The van der Waals surface area contributed by atoms with Gasteiger partial charge in [0.05, 0.1) is 0 Å². The molecule has 4 nitrogen and oxygen atoms in total. The minimum absolute atomic E-state index is 0.507. The van der Waals surface area contributed by atoms with Crippen molar-refractivity contribution in [2.24, 2.45) is 11.6 Å². The van der Waals surface area contributed by atoms with Crippen LogP contribution >= 0.6 is 0 Å². The first-order valence-corrected chi connectivity index (χ1v) is 2.23. The van der Waals surface area contributed by atoms with E-state index in [1.54, 1.807) is 18.6 Å². The Labute approximate surface area is 47.4 Å². The van der Waals surface area contributed by atoms with Gasteiger partial charge in [-0.25, -0.2) is 5.84 Å². The molecule has 0 fully saturated rings. The number of rotatable bonds is 0. The Morgan fingerprint density at radius 2 is 2.38 bits per heavy atom. The minimum Gasteiger partial charge on any atom is -0.383 e. The Balaban J connectivity index is 2.63. The Hall–Kier alpha value is -1.16. The van der Waals surface area contributed by atoms with Crippen LogP contribution in [0.25, 0.3) is 0 Å². The summed E-state index contributed by atoms with van der Waals surface area (Å²) in [6, 6.07) is 0. The van der Waals surface area contributed by atoms with E-state index in [4.69, 9.17) is 11.6 Å². The topological polar surface area (TPSA) is 67.3 Å². The predicted molar refractivity (Wildman–Crippen MR) is 30.6 cm³/mol. The fraction of sp³-hybridized carbons (Fsp3) is 0. The van der Waals surface area contributed by atoms with Crippen molar-refractivity contribution in [1.29, 1.82) is 0 Å². The lowest BCUT2D eigenvalue weighted by Gasteiger charge is -2.16. The van der Waals surface area contributed by atoms with Crippen LogP contribution in [0.4, 0.5) is 0 Å². The molecule has 0 amide bonds. The van der Waals surface area contributed by atoms with Crippen molar-refractivity contribution in [3.8, 4) is 0 Å². The van der Waals surface area contributed by atoms with Gasteiger partial charge < -0.3 is 11.1 Å². The zero-order valence-corrected chi connectivity index (χ0v) is 4.33. The Morgan fingerprint density at radius 3 is 2.75 bits per heavy atom. The summed E-state index contributed by atoms with van der Waals surface area (Å²) in [5.74, 6) is 5.80. The van der Waals surface area contributed by atoms with Crippen molar-refractivity contribution in [2.45, 2.75) is 0 Å². The van der Waals surface area contributed by atoms with E-state index in [0.717, 1.165) is 0 Å². The van der Waals surface area contributed by atoms with Gasteiger partial charge in [-0.2, -0.15) is 0 Å². The highest BCUT2D eigenvalue weighted by atomic mass is 15.4. The number of nitrogens with two attached hydrogens (primary N) is 2. The average Bonchev–Trinajstić information content (AvgIpc) is 1.77. The van der Waals surface area contributed by atoms with E-state index in [-0.39, 0.29) is 0 Å². The maximum absolute atomic E-state index is 5.33. The van der Waals surface area contributed by atoms with Crippen molar-refractivity contribution in [2.75, 3.05) is 0 Å². The van der Waals surface area contributed by atoms with Gasteiger partial charge >= 0.3 is 0 Å². The smallest absolute Gasteiger partial charge is 0.134 e. The normalized spacial score (nSPS) is 17.6. The van der Waals surface area contributed by atoms with Crippen LogP contribution in [0.5, 0.6) is 0 Å². The van der Waals surface area contributed by atoms with E-state index < -0.39 is 0 Å². The minimum atomic E-state index is 0.507. The molecule has 0 aromatic rings. The summed E-state index contributed by atoms with van der Waals surface area (Å²) in [7, 11) is 0. The molecule has 1 aliphatic heterocycles. The average molecular weight is 112 g/mol. The molecule has 5 N–H and O–H groups in total. The van der Waals surface area contributed by atoms with Gasteiger partial charge in [0.1, 0.15) is 5.82 Å². The van der Waals surface area contributed by atoms with Gasteiger partial charge in [0.2, 0.25) is 0 Å². The lowest BCUT2D eigenvalue weighted by molar-refractivity contribution is 0.471. The Bertz CT molecular complexity index is 137. The summed E-state index contributed by atoms with van der Waals surface area (Å²) in [6.07, 6.45) is 4.94. The van der Waals surface area contributed by atoms with Crippen molar-refractivity contribution in [1.82, 2.24) is 10.3 Å². The number of nitrogens with one attached hydrogen (secondary N) is 1. The molecule has 1 aliphatic rings. The molecule has 0 aromatic heterocycles. The first-order chi connectivity index (χ1) is 3.80. The van der Waals surface area contributed by atoms with E-state index in [1.165, 1.54) is 5.01 Å². The Kier molecular flexibility index (Phi) is 1.09. The monoisotopic (exact) mass is 112 g/mol. The van der Waals surface area contributed by atoms with Gasteiger partial charge in [-0.15, -0.1) is 0 Å². The second kappa shape index (κ2) is 1.75. The summed E-state index contributed by atoms with van der Waals surface area (Å²) < 4.78 is 0. The van der Waals surface area contributed by atoms with Crippen molar-refractivity contribution >= 4 is 0 Å². The number of hydrazine groups is 1. The lowest BCUT2D eigenvalue weighted by Crippen LogP contribution is -2.32. The summed E-state index contributed by atoms with van der Waals surface area (Å²) >= 11 is 0. The highest BCUT2D eigenvalue weighted by Gasteiger charge is 1.96. The van der Waals surface area contributed by atoms with Crippen molar-refractivity contribution < 1.29 is 0 Å². The van der Waals surface area contributed by atoms with Crippen LogP contribution in [0.2, 0.25) is 0 Å². The Morgan fingerprint density at radius 1 is 1.62 bits per heavy atom. The first kappa shape index (κ1) is 4.99. The predicted octanol–water partition coefficient (Wildman–Crippen LogP) is -1.01. The molecule has 0 bridgehead atoms. The molecular formula is C4H8N4. The zero-order valence-electron chi connectivity index (χ0n) is 4.33. The van der Waals surface area contributed by atoms with Crippen molar-refractivity contribution in [3.05, 3.63) is 24.4 Å². The van der Waals surface area contributed by atoms with E-state index in [2.05, 4.69) is 5.32 Å². The van der Waals surface area contributed by atoms with Crippen LogP contribution in [0.15, 0.2) is 24.4 Å². The third-order valence-corrected chi connectivity index (χ3v) is 0.861. The number of nitrogens with zero attached hydrogens (tertiary/aromatic N) is 1. The third-order valence-electron chi connectivity index (χ3n) is 0.861. The van der Waals surface area contributed by atoms with Crippen LogP contribution in [-0.4, -0.2) is 5.01 Å².